The maximum Gasteiger partial charge on any atom is 0.222 e. The highest BCUT2D eigenvalue weighted by Crippen LogP contribution is 1.99. The molecule has 0 radical (unpaired) electrons. The lowest BCUT2D eigenvalue weighted by Crippen LogP contribution is -2.14. The molecule has 86 valence electrons. The van der Waals surface area contributed by atoms with Gasteiger partial charge in [0.05, 0.1) is 0 Å². The predicted octanol–water partition coefficient (Wildman–Crippen LogP) is 2.63. The highest BCUT2D eigenvalue weighted by Gasteiger charge is 2.00. The summed E-state index contributed by atoms with van der Waals surface area (Å²) in [5, 5.41) is 0. The topological polar surface area (TPSA) is 18.5 Å². The predicted molar refractivity (Wildman–Crippen MR) is 65.0 cm³/mol. The van der Waals surface area contributed by atoms with Crippen LogP contribution < -0.4 is 0 Å². The minimum Gasteiger partial charge on any atom is -0.342 e. The third-order valence-corrected chi connectivity index (χ3v) is 1.99. The molecule has 0 heterocycles. The fourth-order valence-electron chi connectivity index (χ4n) is 1.27. The molecule has 0 atom stereocenters. The standard InChI is InChI=1S/C14H18O2/c1-3-15-14(16-4-2)12-8-11-13-9-6-5-7-10-13/h5-7,9-10,14H,3-4,11H2,1-2H3. The van der Waals surface area contributed by atoms with Crippen molar-refractivity contribution in [2.75, 3.05) is 13.2 Å². The van der Waals surface area contributed by atoms with Gasteiger partial charge in [0.2, 0.25) is 6.29 Å². The molecule has 1 rings (SSSR count). The van der Waals surface area contributed by atoms with Crippen LogP contribution in [-0.2, 0) is 15.9 Å². The first-order valence-electron chi connectivity index (χ1n) is 5.62. The Morgan fingerprint density at radius 2 is 1.69 bits per heavy atom. The highest BCUT2D eigenvalue weighted by atomic mass is 16.7. The lowest BCUT2D eigenvalue weighted by Gasteiger charge is -2.09. The van der Waals surface area contributed by atoms with Gasteiger partial charge in [-0.05, 0) is 25.3 Å². The second-order valence-electron chi connectivity index (χ2n) is 3.23. The van der Waals surface area contributed by atoms with Gasteiger partial charge < -0.3 is 9.47 Å². The van der Waals surface area contributed by atoms with Gasteiger partial charge in [-0.2, -0.15) is 0 Å². The third kappa shape index (κ3) is 4.97. The number of benzene rings is 1. The van der Waals surface area contributed by atoms with E-state index >= 15 is 0 Å². The largest absolute Gasteiger partial charge is 0.342 e. The summed E-state index contributed by atoms with van der Waals surface area (Å²) in [5.74, 6) is 6.05. The fourth-order valence-corrected chi connectivity index (χ4v) is 1.27. The average Bonchev–Trinajstić information content (AvgIpc) is 2.31. The smallest absolute Gasteiger partial charge is 0.222 e. The molecular formula is C14H18O2. The number of ether oxygens (including phenoxy) is 2. The van der Waals surface area contributed by atoms with Crippen molar-refractivity contribution in [2.45, 2.75) is 26.6 Å². The van der Waals surface area contributed by atoms with Crippen molar-refractivity contribution in [1.29, 1.82) is 0 Å². The van der Waals surface area contributed by atoms with E-state index in [4.69, 9.17) is 9.47 Å². The summed E-state index contributed by atoms with van der Waals surface area (Å²) in [6, 6.07) is 10.1. The Bertz CT molecular complexity index is 329. The molecule has 16 heavy (non-hydrogen) atoms. The summed E-state index contributed by atoms with van der Waals surface area (Å²) in [6.07, 6.45) is 0.344. The van der Waals surface area contributed by atoms with Crippen molar-refractivity contribution >= 4 is 0 Å². The first-order chi connectivity index (χ1) is 7.86. The van der Waals surface area contributed by atoms with E-state index in [-0.39, 0.29) is 0 Å². The number of hydrogen-bond acceptors (Lipinski definition) is 2. The average molecular weight is 218 g/mol. The number of hydrogen-bond donors (Lipinski definition) is 0. The van der Waals surface area contributed by atoms with Crippen LogP contribution in [0.4, 0.5) is 0 Å². The SMILES string of the molecule is CCOC(C#CCc1ccccc1)OCC. The van der Waals surface area contributed by atoms with E-state index in [2.05, 4.69) is 24.0 Å². The minimum absolute atomic E-state index is 0.390. The Balaban J connectivity index is 2.45. The van der Waals surface area contributed by atoms with Crippen LogP contribution in [-0.4, -0.2) is 19.5 Å². The first-order valence-corrected chi connectivity index (χ1v) is 5.62. The molecule has 0 unspecified atom stereocenters. The molecule has 2 nitrogen and oxygen atoms in total. The molecule has 0 aliphatic heterocycles. The molecule has 0 saturated heterocycles. The number of rotatable bonds is 5. The van der Waals surface area contributed by atoms with Crippen LogP contribution in [0.25, 0.3) is 0 Å². The lowest BCUT2D eigenvalue weighted by atomic mass is 10.2. The molecule has 0 aromatic heterocycles. The zero-order valence-electron chi connectivity index (χ0n) is 9.90. The summed E-state index contributed by atoms with van der Waals surface area (Å²) >= 11 is 0. The molecule has 1 aromatic rings. The van der Waals surface area contributed by atoms with Crippen LogP contribution in [0, 0.1) is 11.8 Å². The van der Waals surface area contributed by atoms with Crippen molar-refractivity contribution in [3.63, 3.8) is 0 Å². The van der Waals surface area contributed by atoms with Crippen molar-refractivity contribution < 1.29 is 9.47 Å². The summed E-state index contributed by atoms with van der Waals surface area (Å²) < 4.78 is 10.6. The van der Waals surface area contributed by atoms with Gasteiger partial charge in [0, 0.05) is 19.6 Å². The van der Waals surface area contributed by atoms with Gasteiger partial charge in [0.15, 0.2) is 0 Å². The maximum absolute atomic E-state index is 5.32. The quantitative estimate of drug-likeness (QED) is 0.558. The maximum atomic E-state index is 5.32. The molecule has 0 aliphatic carbocycles. The zero-order valence-corrected chi connectivity index (χ0v) is 9.90. The van der Waals surface area contributed by atoms with Gasteiger partial charge in [0.25, 0.3) is 0 Å². The van der Waals surface area contributed by atoms with Gasteiger partial charge in [-0.3, -0.25) is 0 Å². The van der Waals surface area contributed by atoms with E-state index < -0.39 is 6.29 Å². The summed E-state index contributed by atoms with van der Waals surface area (Å²) in [6.45, 7) is 5.10. The van der Waals surface area contributed by atoms with Gasteiger partial charge in [-0.15, -0.1) is 0 Å². The van der Waals surface area contributed by atoms with Crippen LogP contribution in [0.5, 0.6) is 0 Å². The Hall–Kier alpha value is -1.30. The first kappa shape index (κ1) is 12.8. The van der Waals surface area contributed by atoms with E-state index in [1.165, 1.54) is 5.56 Å². The lowest BCUT2D eigenvalue weighted by molar-refractivity contribution is -0.0970. The Labute approximate surface area is 97.6 Å². The van der Waals surface area contributed by atoms with Gasteiger partial charge in [-0.25, -0.2) is 0 Å². The van der Waals surface area contributed by atoms with Crippen molar-refractivity contribution in [2.24, 2.45) is 0 Å². The molecule has 0 amide bonds. The van der Waals surface area contributed by atoms with E-state index in [0.29, 0.717) is 13.2 Å². The zero-order chi connectivity index (χ0) is 11.6. The highest BCUT2D eigenvalue weighted by molar-refractivity contribution is 5.21. The van der Waals surface area contributed by atoms with E-state index in [1.54, 1.807) is 0 Å². The summed E-state index contributed by atoms with van der Waals surface area (Å²) in [4.78, 5) is 0. The van der Waals surface area contributed by atoms with Crippen LogP contribution in [0.2, 0.25) is 0 Å². The Morgan fingerprint density at radius 1 is 1.06 bits per heavy atom. The van der Waals surface area contributed by atoms with E-state index in [0.717, 1.165) is 6.42 Å². The molecule has 0 aliphatic rings. The van der Waals surface area contributed by atoms with Gasteiger partial charge in [0.1, 0.15) is 0 Å². The summed E-state index contributed by atoms with van der Waals surface area (Å²) in [5.41, 5.74) is 1.21. The van der Waals surface area contributed by atoms with Crippen LogP contribution >= 0.6 is 0 Å². The Morgan fingerprint density at radius 3 is 2.25 bits per heavy atom. The molecule has 0 fully saturated rings. The van der Waals surface area contributed by atoms with Crippen LogP contribution in [0.1, 0.15) is 19.4 Å². The van der Waals surface area contributed by atoms with Crippen molar-refractivity contribution in [1.82, 2.24) is 0 Å². The van der Waals surface area contributed by atoms with Crippen molar-refractivity contribution in [3.8, 4) is 11.8 Å². The van der Waals surface area contributed by atoms with Gasteiger partial charge >= 0.3 is 0 Å². The molecule has 1 aromatic carbocycles. The minimum atomic E-state index is -0.390. The third-order valence-electron chi connectivity index (χ3n) is 1.99. The monoisotopic (exact) mass is 218 g/mol. The second-order valence-corrected chi connectivity index (χ2v) is 3.23. The second kappa shape index (κ2) is 7.92. The fraction of sp³-hybridized carbons (Fsp3) is 0.429. The molecule has 0 saturated carbocycles. The van der Waals surface area contributed by atoms with Crippen LogP contribution in [0.15, 0.2) is 30.3 Å². The normalized spacial score (nSPS) is 9.94. The van der Waals surface area contributed by atoms with Crippen molar-refractivity contribution in [3.05, 3.63) is 35.9 Å². The summed E-state index contributed by atoms with van der Waals surface area (Å²) in [7, 11) is 0. The van der Waals surface area contributed by atoms with Gasteiger partial charge in [-0.1, -0.05) is 36.3 Å². The van der Waals surface area contributed by atoms with E-state index in [9.17, 15) is 0 Å². The molecular weight excluding hydrogens is 200 g/mol. The molecule has 0 bridgehead atoms. The molecule has 2 heteroatoms. The molecule has 0 N–H and O–H groups in total. The molecule has 0 spiro atoms. The van der Waals surface area contributed by atoms with E-state index in [1.807, 2.05) is 32.0 Å². The van der Waals surface area contributed by atoms with Crippen LogP contribution in [0.3, 0.4) is 0 Å². The Kier molecular flexibility index (Phi) is 6.32.